The van der Waals surface area contributed by atoms with Gasteiger partial charge in [0.1, 0.15) is 5.82 Å². The highest BCUT2D eigenvalue weighted by Gasteiger charge is 2.27. The Morgan fingerprint density at radius 2 is 2.16 bits per heavy atom. The summed E-state index contributed by atoms with van der Waals surface area (Å²) in [6.45, 7) is 8.17. The number of H-pyrrole nitrogens is 1. The van der Waals surface area contributed by atoms with E-state index in [1.54, 1.807) is 6.92 Å². The number of hydrogen-bond donors (Lipinski definition) is 4. The molecule has 7 heteroatoms. The van der Waals surface area contributed by atoms with Crippen LogP contribution >= 0.6 is 0 Å². The van der Waals surface area contributed by atoms with Gasteiger partial charge >= 0.3 is 6.03 Å². The molecule has 1 aromatic heterocycles. The average molecular weight is 345 g/mol. The number of aryl methyl sites for hydroxylation is 1. The zero-order chi connectivity index (χ0) is 18.4. The van der Waals surface area contributed by atoms with Crippen LogP contribution in [0.15, 0.2) is 24.3 Å². The molecule has 0 aliphatic heterocycles. The zero-order valence-corrected chi connectivity index (χ0v) is 15.3. The minimum Gasteiger partial charge on any atom is -0.388 e. The third kappa shape index (κ3) is 5.29. The van der Waals surface area contributed by atoms with Gasteiger partial charge in [0, 0.05) is 18.7 Å². The fraction of sp³-hybridized carbons (Fsp3) is 0.500. The number of aromatic amines is 1. The summed E-state index contributed by atoms with van der Waals surface area (Å²) in [5.41, 5.74) is 0.919. The lowest BCUT2D eigenvalue weighted by molar-refractivity contribution is 0.00790. The van der Waals surface area contributed by atoms with Crippen LogP contribution in [0.25, 0.3) is 11.4 Å². The van der Waals surface area contributed by atoms with Crippen LogP contribution in [0.3, 0.4) is 0 Å². The van der Waals surface area contributed by atoms with E-state index in [-0.39, 0.29) is 18.5 Å². The van der Waals surface area contributed by atoms with Gasteiger partial charge in [0.25, 0.3) is 0 Å². The summed E-state index contributed by atoms with van der Waals surface area (Å²) >= 11 is 0. The molecule has 0 radical (unpaired) electrons. The van der Waals surface area contributed by atoms with Gasteiger partial charge in [-0.1, -0.05) is 38.5 Å². The maximum absolute atomic E-state index is 12.0. The first kappa shape index (κ1) is 18.9. The van der Waals surface area contributed by atoms with Gasteiger partial charge in [-0.2, -0.15) is 5.10 Å². The van der Waals surface area contributed by atoms with Crippen molar-refractivity contribution in [3.8, 4) is 11.4 Å². The predicted octanol–water partition coefficient (Wildman–Crippen LogP) is 2.38. The molecule has 136 valence electrons. The van der Waals surface area contributed by atoms with Gasteiger partial charge in [-0.3, -0.25) is 5.10 Å². The molecule has 2 atom stereocenters. The molecular weight excluding hydrogens is 318 g/mol. The number of rotatable bonds is 7. The third-order valence-corrected chi connectivity index (χ3v) is 4.52. The monoisotopic (exact) mass is 345 g/mol. The van der Waals surface area contributed by atoms with Crippen molar-refractivity contribution in [3.05, 3.63) is 35.7 Å². The highest BCUT2D eigenvalue weighted by Crippen LogP contribution is 2.19. The fourth-order valence-corrected chi connectivity index (χ4v) is 2.41. The van der Waals surface area contributed by atoms with Gasteiger partial charge in [-0.25, -0.2) is 9.78 Å². The Hall–Kier alpha value is -2.41. The largest absolute Gasteiger partial charge is 0.388 e. The first-order valence-electron chi connectivity index (χ1n) is 8.54. The first-order chi connectivity index (χ1) is 11.8. The van der Waals surface area contributed by atoms with E-state index in [2.05, 4.69) is 25.8 Å². The van der Waals surface area contributed by atoms with Gasteiger partial charge in [0.05, 0.1) is 5.60 Å². The van der Waals surface area contributed by atoms with Crippen LogP contribution in [0, 0.1) is 12.8 Å². The van der Waals surface area contributed by atoms with E-state index in [0.717, 1.165) is 23.4 Å². The molecule has 0 aliphatic rings. The number of urea groups is 1. The molecule has 7 nitrogen and oxygen atoms in total. The van der Waals surface area contributed by atoms with Crippen molar-refractivity contribution in [1.82, 2.24) is 25.8 Å². The second-order valence-corrected chi connectivity index (χ2v) is 6.65. The molecule has 2 aromatic rings. The van der Waals surface area contributed by atoms with Crippen LogP contribution in [0.2, 0.25) is 0 Å². The van der Waals surface area contributed by atoms with Gasteiger partial charge in [-0.05, 0) is 31.4 Å². The van der Waals surface area contributed by atoms with Crippen LogP contribution < -0.4 is 10.6 Å². The smallest absolute Gasteiger partial charge is 0.315 e. The van der Waals surface area contributed by atoms with E-state index in [9.17, 15) is 9.90 Å². The Balaban J connectivity index is 1.88. The van der Waals surface area contributed by atoms with E-state index in [4.69, 9.17) is 0 Å². The van der Waals surface area contributed by atoms with Crippen LogP contribution in [0.1, 0.15) is 38.6 Å². The quantitative estimate of drug-likeness (QED) is 0.618. The molecule has 2 rings (SSSR count). The van der Waals surface area contributed by atoms with Crippen molar-refractivity contribution < 1.29 is 9.90 Å². The summed E-state index contributed by atoms with van der Waals surface area (Å²) in [6, 6.07) is 7.40. The van der Waals surface area contributed by atoms with Crippen LogP contribution in [0.5, 0.6) is 0 Å². The Labute approximate surface area is 148 Å². The van der Waals surface area contributed by atoms with E-state index in [1.807, 2.05) is 45.0 Å². The van der Waals surface area contributed by atoms with Crippen molar-refractivity contribution in [2.75, 3.05) is 6.54 Å². The van der Waals surface area contributed by atoms with E-state index in [1.165, 1.54) is 0 Å². The molecule has 25 heavy (non-hydrogen) atoms. The predicted molar refractivity (Wildman–Crippen MR) is 96.9 cm³/mol. The molecular formula is C18H27N5O2. The summed E-state index contributed by atoms with van der Waals surface area (Å²) in [7, 11) is 0. The maximum Gasteiger partial charge on any atom is 0.315 e. The Bertz CT molecular complexity index is 711. The highest BCUT2D eigenvalue weighted by molar-refractivity contribution is 5.74. The third-order valence-electron chi connectivity index (χ3n) is 4.52. The number of carbonyl (C=O) groups is 1. The molecule has 4 N–H and O–H groups in total. The standard InChI is InChI=1S/C18H27N5O2/c1-5-12(2)18(4,25)11-20-17(24)19-10-14-7-6-8-15(9-14)16-21-13(3)22-23-16/h6-9,12,25H,5,10-11H2,1-4H3,(H2,19,20,24)(H,21,22,23). The fourth-order valence-electron chi connectivity index (χ4n) is 2.41. The van der Waals surface area contributed by atoms with Crippen LogP contribution in [0.4, 0.5) is 4.79 Å². The maximum atomic E-state index is 12.0. The molecule has 0 saturated carbocycles. The molecule has 2 unspecified atom stereocenters. The van der Waals surface area contributed by atoms with Gasteiger partial charge in [-0.15, -0.1) is 0 Å². The molecule has 1 heterocycles. The number of nitrogens with one attached hydrogen (secondary N) is 3. The van der Waals surface area contributed by atoms with E-state index in [0.29, 0.717) is 12.4 Å². The average Bonchev–Trinajstić information content (AvgIpc) is 3.04. The summed E-state index contributed by atoms with van der Waals surface area (Å²) in [5.74, 6) is 1.49. The number of benzene rings is 1. The molecule has 0 aliphatic carbocycles. The van der Waals surface area contributed by atoms with Gasteiger partial charge in [0.2, 0.25) is 0 Å². The Kier molecular flexibility index (Phi) is 6.14. The van der Waals surface area contributed by atoms with Crippen molar-refractivity contribution in [2.24, 2.45) is 5.92 Å². The van der Waals surface area contributed by atoms with Crippen molar-refractivity contribution in [1.29, 1.82) is 0 Å². The SMILES string of the molecule is CCC(C)C(C)(O)CNC(=O)NCc1cccc(-c2n[nH]c(C)n2)c1. The van der Waals surface area contributed by atoms with Crippen molar-refractivity contribution in [3.63, 3.8) is 0 Å². The van der Waals surface area contributed by atoms with Crippen molar-refractivity contribution >= 4 is 6.03 Å². The van der Waals surface area contributed by atoms with Crippen LogP contribution in [-0.2, 0) is 6.54 Å². The lowest BCUT2D eigenvalue weighted by atomic mass is 9.89. The minimum absolute atomic E-state index is 0.106. The van der Waals surface area contributed by atoms with Gasteiger partial charge < -0.3 is 15.7 Å². The lowest BCUT2D eigenvalue weighted by Gasteiger charge is -2.29. The Morgan fingerprint density at radius 1 is 1.40 bits per heavy atom. The molecule has 0 fully saturated rings. The molecule has 0 spiro atoms. The number of aromatic nitrogens is 3. The summed E-state index contributed by atoms with van der Waals surface area (Å²) in [5, 5.41) is 22.8. The highest BCUT2D eigenvalue weighted by atomic mass is 16.3. The number of carbonyl (C=O) groups excluding carboxylic acids is 1. The molecule has 1 aromatic carbocycles. The minimum atomic E-state index is -0.921. The van der Waals surface area contributed by atoms with E-state index < -0.39 is 5.60 Å². The number of hydrogen-bond acceptors (Lipinski definition) is 4. The zero-order valence-electron chi connectivity index (χ0n) is 15.3. The second-order valence-electron chi connectivity index (χ2n) is 6.65. The van der Waals surface area contributed by atoms with E-state index >= 15 is 0 Å². The second kappa shape index (κ2) is 8.11. The molecule has 0 bridgehead atoms. The summed E-state index contributed by atoms with van der Waals surface area (Å²) < 4.78 is 0. The topological polar surface area (TPSA) is 103 Å². The Morgan fingerprint density at radius 3 is 2.80 bits per heavy atom. The number of nitrogens with zero attached hydrogens (tertiary/aromatic N) is 2. The van der Waals surface area contributed by atoms with Crippen LogP contribution in [-0.4, -0.2) is 38.5 Å². The number of amides is 2. The summed E-state index contributed by atoms with van der Waals surface area (Å²) in [4.78, 5) is 16.3. The first-order valence-corrected chi connectivity index (χ1v) is 8.54. The normalized spacial score (nSPS) is 14.6. The lowest BCUT2D eigenvalue weighted by Crippen LogP contribution is -2.47. The summed E-state index contributed by atoms with van der Waals surface area (Å²) in [6.07, 6.45) is 0.851. The molecule has 0 saturated heterocycles. The number of aliphatic hydroxyl groups is 1. The van der Waals surface area contributed by atoms with Crippen molar-refractivity contribution in [2.45, 2.75) is 46.3 Å². The van der Waals surface area contributed by atoms with Gasteiger partial charge in [0.15, 0.2) is 5.82 Å². The molecule has 2 amide bonds.